The summed E-state index contributed by atoms with van der Waals surface area (Å²) < 4.78 is 10.5. The molecule has 1 rings (SSSR count). The van der Waals surface area contributed by atoms with Crippen LogP contribution in [0.2, 0.25) is 0 Å². The predicted molar refractivity (Wildman–Crippen MR) is 73.5 cm³/mol. The molecule has 0 radical (unpaired) electrons. The molecule has 7 nitrogen and oxygen atoms in total. The van der Waals surface area contributed by atoms with E-state index in [2.05, 4.69) is 15.9 Å². The molecule has 8 heteroatoms. The molecule has 0 fully saturated rings. The second kappa shape index (κ2) is 7.20. The molecule has 0 aliphatic heterocycles. The Kier molecular flexibility index (Phi) is 5.90. The topological polar surface area (TPSA) is 98.9 Å². The molecule has 20 heavy (non-hydrogen) atoms. The molecule has 0 aliphatic rings. The molecule has 0 amide bonds. The van der Waals surface area contributed by atoms with E-state index in [9.17, 15) is 20.0 Å². The highest BCUT2D eigenvalue weighted by molar-refractivity contribution is 9.10. The minimum atomic E-state index is -1.32. The smallest absolute Gasteiger partial charge is 0.350 e. The predicted octanol–water partition coefficient (Wildman–Crippen LogP) is 2.05. The van der Waals surface area contributed by atoms with Gasteiger partial charge in [0, 0.05) is 10.5 Å². The number of nitro groups is 1. The van der Waals surface area contributed by atoms with Gasteiger partial charge in [0.1, 0.15) is 0 Å². The molecule has 0 heterocycles. The molecule has 0 saturated carbocycles. The van der Waals surface area contributed by atoms with Crippen LogP contribution in [0.3, 0.4) is 0 Å². The third-order valence-corrected chi connectivity index (χ3v) is 2.82. The van der Waals surface area contributed by atoms with Crippen molar-refractivity contribution in [3.8, 4) is 5.75 Å². The Morgan fingerprint density at radius 3 is 2.70 bits per heavy atom. The lowest BCUT2D eigenvalue weighted by atomic mass is 10.2. The number of hydrogen-bond acceptors (Lipinski definition) is 6. The zero-order chi connectivity index (χ0) is 15.3. The van der Waals surface area contributed by atoms with E-state index in [1.807, 2.05) is 0 Å². The van der Waals surface area contributed by atoms with Gasteiger partial charge in [0.2, 0.25) is 6.10 Å². The van der Waals surface area contributed by atoms with Crippen molar-refractivity contribution >= 4 is 27.6 Å². The average molecular weight is 348 g/mol. The SMILES string of the molecule is CCOC(=O)[C@@H](Oc1ccc(Br)cc1[N+](=O)[O-])[C@H](C)O. The number of nitrogens with zero attached hydrogens (tertiary/aromatic N) is 1. The molecule has 1 aromatic rings. The maximum Gasteiger partial charge on any atom is 0.350 e. The highest BCUT2D eigenvalue weighted by Gasteiger charge is 2.30. The summed E-state index contributed by atoms with van der Waals surface area (Å²) in [5.41, 5.74) is -0.311. The molecule has 0 aromatic heterocycles. The Balaban J connectivity index is 3.05. The van der Waals surface area contributed by atoms with Crippen molar-refractivity contribution in [2.75, 3.05) is 6.61 Å². The van der Waals surface area contributed by atoms with E-state index in [0.29, 0.717) is 4.47 Å². The fraction of sp³-hybridized carbons (Fsp3) is 0.417. The molecule has 0 saturated heterocycles. The zero-order valence-corrected chi connectivity index (χ0v) is 12.5. The highest BCUT2D eigenvalue weighted by atomic mass is 79.9. The second-order valence-electron chi connectivity index (χ2n) is 3.90. The summed E-state index contributed by atoms with van der Waals surface area (Å²) in [4.78, 5) is 22.0. The van der Waals surface area contributed by atoms with Gasteiger partial charge in [-0.1, -0.05) is 15.9 Å². The Labute approximate surface area is 123 Å². The molecule has 0 bridgehead atoms. The first-order valence-corrected chi connectivity index (χ1v) is 6.61. The summed E-state index contributed by atoms with van der Waals surface area (Å²) in [6.07, 6.45) is -2.49. The third kappa shape index (κ3) is 4.17. The van der Waals surface area contributed by atoms with Crippen molar-refractivity contribution in [3.63, 3.8) is 0 Å². The van der Waals surface area contributed by atoms with E-state index in [-0.39, 0.29) is 18.0 Å². The Bertz CT molecular complexity index is 505. The van der Waals surface area contributed by atoms with Crippen LogP contribution in [0.15, 0.2) is 22.7 Å². The van der Waals surface area contributed by atoms with Gasteiger partial charge < -0.3 is 14.6 Å². The van der Waals surface area contributed by atoms with E-state index < -0.39 is 23.1 Å². The number of ether oxygens (including phenoxy) is 2. The van der Waals surface area contributed by atoms with Crippen LogP contribution in [0.4, 0.5) is 5.69 Å². The molecule has 2 atom stereocenters. The molecule has 0 aliphatic carbocycles. The summed E-state index contributed by atoms with van der Waals surface area (Å²) in [7, 11) is 0. The van der Waals surface area contributed by atoms with Crippen LogP contribution in [0.5, 0.6) is 5.75 Å². The van der Waals surface area contributed by atoms with Crippen LogP contribution < -0.4 is 4.74 Å². The lowest BCUT2D eigenvalue weighted by molar-refractivity contribution is -0.386. The lowest BCUT2D eigenvalue weighted by Crippen LogP contribution is -2.38. The number of esters is 1. The van der Waals surface area contributed by atoms with Crippen LogP contribution in [0.25, 0.3) is 0 Å². The van der Waals surface area contributed by atoms with Gasteiger partial charge in [0.25, 0.3) is 0 Å². The number of benzene rings is 1. The number of aliphatic hydroxyl groups excluding tert-OH is 1. The van der Waals surface area contributed by atoms with E-state index >= 15 is 0 Å². The van der Waals surface area contributed by atoms with Gasteiger partial charge in [0.15, 0.2) is 5.75 Å². The summed E-state index contributed by atoms with van der Waals surface area (Å²) in [5.74, 6) is -0.892. The van der Waals surface area contributed by atoms with Crippen molar-refractivity contribution in [3.05, 3.63) is 32.8 Å². The number of carbonyl (C=O) groups is 1. The van der Waals surface area contributed by atoms with E-state index in [0.717, 1.165) is 0 Å². The number of carbonyl (C=O) groups excluding carboxylic acids is 1. The van der Waals surface area contributed by atoms with Crippen molar-refractivity contribution in [2.45, 2.75) is 26.1 Å². The average Bonchev–Trinajstić information content (AvgIpc) is 2.36. The number of rotatable bonds is 6. The Morgan fingerprint density at radius 1 is 1.55 bits per heavy atom. The number of aliphatic hydroxyl groups is 1. The number of nitro benzene ring substituents is 1. The molecule has 0 spiro atoms. The van der Waals surface area contributed by atoms with Gasteiger partial charge in [-0.05, 0) is 26.0 Å². The molecule has 0 unspecified atom stereocenters. The van der Waals surface area contributed by atoms with Crippen LogP contribution in [0, 0.1) is 10.1 Å². The van der Waals surface area contributed by atoms with Crippen molar-refractivity contribution < 1.29 is 24.3 Å². The van der Waals surface area contributed by atoms with Gasteiger partial charge in [-0.15, -0.1) is 0 Å². The van der Waals surface area contributed by atoms with Gasteiger partial charge in [0.05, 0.1) is 17.6 Å². The first-order valence-electron chi connectivity index (χ1n) is 5.82. The summed E-state index contributed by atoms with van der Waals surface area (Å²) >= 11 is 3.11. The van der Waals surface area contributed by atoms with Crippen LogP contribution in [-0.4, -0.2) is 34.8 Å². The third-order valence-electron chi connectivity index (χ3n) is 2.33. The maximum atomic E-state index is 11.7. The van der Waals surface area contributed by atoms with E-state index in [1.165, 1.54) is 25.1 Å². The quantitative estimate of drug-likeness (QED) is 0.480. The summed E-state index contributed by atoms with van der Waals surface area (Å²) in [5, 5.41) is 20.5. The minimum absolute atomic E-state index is 0.114. The summed E-state index contributed by atoms with van der Waals surface area (Å²) in [6.45, 7) is 3.07. The van der Waals surface area contributed by atoms with Crippen molar-refractivity contribution in [1.29, 1.82) is 0 Å². The lowest BCUT2D eigenvalue weighted by Gasteiger charge is -2.19. The normalized spacial score (nSPS) is 13.4. The molecule has 110 valence electrons. The number of halogens is 1. The minimum Gasteiger partial charge on any atom is -0.469 e. The van der Waals surface area contributed by atoms with E-state index in [4.69, 9.17) is 9.47 Å². The summed E-state index contributed by atoms with van der Waals surface area (Å²) in [6, 6.07) is 4.13. The highest BCUT2D eigenvalue weighted by Crippen LogP contribution is 2.31. The molecule has 1 aromatic carbocycles. The van der Waals surface area contributed by atoms with Gasteiger partial charge in [-0.25, -0.2) is 4.79 Å². The molecular formula is C12H14BrNO6. The zero-order valence-electron chi connectivity index (χ0n) is 10.9. The standard InChI is InChI=1S/C12H14BrNO6/c1-3-19-12(16)11(7(2)15)20-10-5-4-8(13)6-9(10)14(17)18/h4-7,11,15H,3H2,1-2H3/t7-,11-/m0/s1. The molecular weight excluding hydrogens is 334 g/mol. The second-order valence-corrected chi connectivity index (χ2v) is 4.82. The first kappa shape index (κ1) is 16.4. The first-order chi connectivity index (χ1) is 9.36. The van der Waals surface area contributed by atoms with Crippen molar-refractivity contribution in [2.24, 2.45) is 0 Å². The molecule has 1 N–H and O–H groups in total. The maximum absolute atomic E-state index is 11.7. The monoisotopic (exact) mass is 347 g/mol. The van der Waals surface area contributed by atoms with E-state index in [1.54, 1.807) is 6.92 Å². The fourth-order valence-electron chi connectivity index (χ4n) is 1.44. The van der Waals surface area contributed by atoms with Crippen LogP contribution in [-0.2, 0) is 9.53 Å². The Hall–Kier alpha value is -1.67. The van der Waals surface area contributed by atoms with Crippen LogP contribution >= 0.6 is 15.9 Å². The largest absolute Gasteiger partial charge is 0.469 e. The van der Waals surface area contributed by atoms with Crippen LogP contribution in [0.1, 0.15) is 13.8 Å². The Morgan fingerprint density at radius 2 is 2.20 bits per heavy atom. The van der Waals surface area contributed by atoms with Gasteiger partial charge in [-0.2, -0.15) is 0 Å². The fourth-order valence-corrected chi connectivity index (χ4v) is 1.79. The van der Waals surface area contributed by atoms with Gasteiger partial charge >= 0.3 is 11.7 Å². The van der Waals surface area contributed by atoms with Crippen molar-refractivity contribution in [1.82, 2.24) is 0 Å². The van der Waals surface area contributed by atoms with Gasteiger partial charge in [-0.3, -0.25) is 10.1 Å². The number of hydrogen-bond donors (Lipinski definition) is 1.